The van der Waals surface area contributed by atoms with Crippen molar-refractivity contribution in [3.63, 3.8) is 0 Å². The van der Waals surface area contributed by atoms with Gasteiger partial charge >= 0.3 is 0 Å². The number of ether oxygens (including phenoxy) is 1. The molecule has 0 atom stereocenters. The molecule has 1 aromatic heterocycles. The maximum atomic E-state index is 12.9. The lowest BCUT2D eigenvalue weighted by Crippen LogP contribution is -2.32. The van der Waals surface area contributed by atoms with Crippen LogP contribution >= 0.6 is 11.6 Å². The summed E-state index contributed by atoms with van der Waals surface area (Å²) in [5, 5.41) is 1.25. The van der Waals surface area contributed by atoms with Crippen molar-refractivity contribution in [2.75, 3.05) is 20.2 Å². The number of rotatable bonds is 8. The largest absolute Gasteiger partial charge is 0.492 e. The molecular weight excluding hydrogens is 402 g/mol. The average molecular weight is 426 g/mol. The highest BCUT2D eigenvalue weighted by Gasteiger charge is 2.28. The van der Waals surface area contributed by atoms with E-state index in [0.717, 1.165) is 12.8 Å². The Balaban J connectivity index is 1.38. The molecule has 0 radical (unpaired) electrons. The van der Waals surface area contributed by atoms with Gasteiger partial charge in [-0.3, -0.25) is 14.2 Å². The van der Waals surface area contributed by atoms with E-state index in [-0.39, 0.29) is 17.5 Å². The van der Waals surface area contributed by atoms with Crippen LogP contribution in [0.2, 0.25) is 5.02 Å². The molecule has 1 fully saturated rings. The number of carbonyl (C=O) groups excluding carboxylic acids is 1. The van der Waals surface area contributed by atoms with Gasteiger partial charge in [-0.15, -0.1) is 0 Å². The second kappa shape index (κ2) is 8.88. The van der Waals surface area contributed by atoms with Crippen LogP contribution in [0.15, 0.2) is 53.3 Å². The van der Waals surface area contributed by atoms with Crippen LogP contribution in [0.3, 0.4) is 0 Å². The van der Waals surface area contributed by atoms with Gasteiger partial charge in [-0.2, -0.15) is 0 Å². The van der Waals surface area contributed by atoms with Gasteiger partial charge in [0.1, 0.15) is 18.2 Å². The summed E-state index contributed by atoms with van der Waals surface area (Å²) in [7, 11) is 1.76. The van der Waals surface area contributed by atoms with E-state index >= 15 is 0 Å². The number of carbonyl (C=O) groups is 1. The number of likely N-dealkylation sites (N-methyl/N-ethyl adjacent to an activating group) is 1. The molecule has 1 aliphatic rings. The maximum Gasteiger partial charge on any atom is 0.261 e. The van der Waals surface area contributed by atoms with Crippen LogP contribution in [0, 0.1) is 0 Å². The molecular formula is C23H24ClN3O3. The van der Waals surface area contributed by atoms with Crippen LogP contribution in [-0.2, 0) is 11.2 Å². The number of amides is 1. The third-order valence-electron chi connectivity index (χ3n) is 5.27. The Bertz CT molecular complexity index is 1120. The van der Waals surface area contributed by atoms with Gasteiger partial charge in [0.25, 0.3) is 5.56 Å². The van der Waals surface area contributed by atoms with Crippen molar-refractivity contribution in [2.24, 2.45) is 0 Å². The van der Waals surface area contributed by atoms with E-state index in [1.54, 1.807) is 28.6 Å². The highest BCUT2D eigenvalue weighted by atomic mass is 35.5. The standard InChI is InChI=1S/C23H24ClN3O3/c1-26(13-14-30-18-6-4-5-16(24)15-18)22(28)12-11-21-25-20-8-3-2-7-19(20)23(29)27(21)17-9-10-17/h2-8,15,17H,9-14H2,1H3. The molecule has 0 saturated heterocycles. The number of hydrogen-bond donors (Lipinski definition) is 0. The first-order chi connectivity index (χ1) is 14.5. The lowest BCUT2D eigenvalue weighted by atomic mass is 10.2. The zero-order valence-electron chi connectivity index (χ0n) is 16.9. The van der Waals surface area contributed by atoms with Crippen LogP contribution in [0.5, 0.6) is 5.75 Å². The summed E-state index contributed by atoms with van der Waals surface area (Å²) in [6.45, 7) is 0.843. The number of hydrogen-bond acceptors (Lipinski definition) is 4. The van der Waals surface area contributed by atoms with E-state index in [1.165, 1.54) is 0 Å². The number of halogens is 1. The average Bonchev–Trinajstić information content (AvgIpc) is 3.57. The summed E-state index contributed by atoms with van der Waals surface area (Å²) in [5.41, 5.74) is 0.680. The molecule has 7 heteroatoms. The molecule has 1 aliphatic carbocycles. The van der Waals surface area contributed by atoms with Crippen molar-refractivity contribution in [2.45, 2.75) is 31.7 Å². The zero-order valence-corrected chi connectivity index (χ0v) is 17.6. The monoisotopic (exact) mass is 425 g/mol. The third kappa shape index (κ3) is 4.65. The molecule has 4 rings (SSSR count). The Hall–Kier alpha value is -2.86. The second-order valence-electron chi connectivity index (χ2n) is 7.57. The van der Waals surface area contributed by atoms with Crippen molar-refractivity contribution in [3.8, 4) is 5.75 Å². The molecule has 2 aromatic carbocycles. The summed E-state index contributed by atoms with van der Waals surface area (Å²) in [4.78, 5) is 31.8. The Morgan fingerprint density at radius 1 is 1.23 bits per heavy atom. The predicted molar refractivity (Wildman–Crippen MR) is 117 cm³/mol. The van der Waals surface area contributed by atoms with Crippen molar-refractivity contribution in [1.29, 1.82) is 0 Å². The predicted octanol–water partition coefficient (Wildman–Crippen LogP) is 3.85. The Labute approximate surface area is 180 Å². The van der Waals surface area contributed by atoms with E-state index in [4.69, 9.17) is 21.3 Å². The number of aromatic nitrogens is 2. The fraction of sp³-hybridized carbons (Fsp3) is 0.348. The highest BCUT2D eigenvalue weighted by Crippen LogP contribution is 2.34. The van der Waals surface area contributed by atoms with Crippen LogP contribution in [0.4, 0.5) is 0 Å². The van der Waals surface area contributed by atoms with E-state index in [9.17, 15) is 9.59 Å². The Morgan fingerprint density at radius 3 is 2.80 bits per heavy atom. The fourth-order valence-corrected chi connectivity index (χ4v) is 3.65. The van der Waals surface area contributed by atoms with Crippen LogP contribution < -0.4 is 10.3 Å². The first kappa shape index (κ1) is 20.4. The molecule has 6 nitrogen and oxygen atoms in total. The minimum atomic E-state index is -0.00572. The molecule has 0 aliphatic heterocycles. The first-order valence-corrected chi connectivity index (χ1v) is 10.5. The van der Waals surface area contributed by atoms with Gasteiger partial charge in [0.2, 0.25) is 5.91 Å². The number of fused-ring (bicyclic) bond motifs is 1. The second-order valence-corrected chi connectivity index (χ2v) is 8.01. The normalized spacial score (nSPS) is 13.4. The van der Waals surface area contributed by atoms with Gasteiger partial charge < -0.3 is 9.64 Å². The molecule has 30 heavy (non-hydrogen) atoms. The van der Waals surface area contributed by atoms with Crippen molar-refractivity contribution in [1.82, 2.24) is 14.5 Å². The minimum Gasteiger partial charge on any atom is -0.492 e. The number of nitrogens with zero attached hydrogens (tertiary/aromatic N) is 3. The zero-order chi connectivity index (χ0) is 21.1. The number of aryl methyl sites for hydroxylation is 1. The van der Waals surface area contributed by atoms with E-state index in [0.29, 0.717) is 53.5 Å². The molecule has 156 valence electrons. The summed E-state index contributed by atoms with van der Waals surface area (Å²) in [6.07, 6.45) is 2.71. The van der Waals surface area contributed by atoms with Gasteiger partial charge in [-0.05, 0) is 43.2 Å². The van der Waals surface area contributed by atoms with E-state index in [2.05, 4.69) is 0 Å². The highest BCUT2D eigenvalue weighted by molar-refractivity contribution is 6.30. The molecule has 0 spiro atoms. The quantitative estimate of drug-likeness (QED) is 0.549. The van der Waals surface area contributed by atoms with Crippen LogP contribution in [0.1, 0.15) is 31.1 Å². The number of para-hydroxylation sites is 1. The van der Waals surface area contributed by atoms with Gasteiger partial charge in [-0.25, -0.2) is 4.98 Å². The first-order valence-electron chi connectivity index (χ1n) is 10.2. The molecule has 3 aromatic rings. The molecule has 1 amide bonds. The summed E-state index contributed by atoms with van der Waals surface area (Å²) >= 11 is 5.95. The SMILES string of the molecule is CN(CCOc1cccc(Cl)c1)C(=O)CCc1nc2ccccc2c(=O)n1C1CC1. The minimum absolute atomic E-state index is 0.00514. The third-order valence-corrected chi connectivity index (χ3v) is 5.51. The van der Waals surface area contributed by atoms with Gasteiger partial charge in [-0.1, -0.05) is 29.8 Å². The molecule has 1 heterocycles. The molecule has 0 N–H and O–H groups in total. The summed E-state index contributed by atoms with van der Waals surface area (Å²) in [5.74, 6) is 1.37. The van der Waals surface area contributed by atoms with Gasteiger partial charge in [0.05, 0.1) is 17.4 Å². The van der Waals surface area contributed by atoms with Crippen LogP contribution in [-0.4, -0.2) is 40.6 Å². The van der Waals surface area contributed by atoms with E-state index in [1.807, 2.05) is 36.4 Å². The smallest absolute Gasteiger partial charge is 0.261 e. The Kier molecular flexibility index (Phi) is 6.04. The topological polar surface area (TPSA) is 64.4 Å². The summed E-state index contributed by atoms with van der Waals surface area (Å²) < 4.78 is 7.45. The fourth-order valence-electron chi connectivity index (χ4n) is 3.47. The van der Waals surface area contributed by atoms with Crippen molar-refractivity contribution in [3.05, 3.63) is 69.7 Å². The number of benzene rings is 2. The molecule has 0 bridgehead atoms. The van der Waals surface area contributed by atoms with Crippen molar-refractivity contribution < 1.29 is 9.53 Å². The lowest BCUT2D eigenvalue weighted by Gasteiger charge is -2.18. The summed E-state index contributed by atoms with van der Waals surface area (Å²) in [6, 6.07) is 14.8. The van der Waals surface area contributed by atoms with E-state index < -0.39 is 0 Å². The lowest BCUT2D eigenvalue weighted by molar-refractivity contribution is -0.130. The van der Waals surface area contributed by atoms with Crippen molar-refractivity contribution >= 4 is 28.4 Å². The molecule has 1 saturated carbocycles. The van der Waals surface area contributed by atoms with Gasteiger partial charge in [0.15, 0.2) is 0 Å². The molecule has 0 unspecified atom stereocenters. The van der Waals surface area contributed by atoms with Crippen LogP contribution in [0.25, 0.3) is 10.9 Å². The van der Waals surface area contributed by atoms with Gasteiger partial charge in [0, 0.05) is 31.0 Å². The maximum absolute atomic E-state index is 12.9. The Morgan fingerprint density at radius 2 is 2.03 bits per heavy atom.